The summed E-state index contributed by atoms with van der Waals surface area (Å²) < 4.78 is 2.01. The average Bonchev–Trinajstić information content (AvgIpc) is 3.28. The SMILES string of the molecule is Cc1cnc(Nc2nc3ccccc3n2C)nc1NC1CC1. The Morgan fingerprint density at radius 3 is 2.77 bits per heavy atom. The predicted octanol–water partition coefficient (Wildman–Crippen LogP) is 2.99. The molecule has 0 atom stereocenters. The van der Waals surface area contributed by atoms with Crippen LogP contribution in [-0.4, -0.2) is 25.6 Å². The molecular formula is C16H18N6. The van der Waals surface area contributed by atoms with Crippen molar-refractivity contribution in [1.82, 2.24) is 19.5 Å². The molecular weight excluding hydrogens is 276 g/mol. The van der Waals surface area contributed by atoms with Crippen molar-refractivity contribution in [3.8, 4) is 0 Å². The van der Waals surface area contributed by atoms with E-state index in [1.807, 2.05) is 49.0 Å². The summed E-state index contributed by atoms with van der Waals surface area (Å²) in [6, 6.07) is 8.60. The van der Waals surface area contributed by atoms with Gasteiger partial charge in [-0.25, -0.2) is 9.97 Å². The van der Waals surface area contributed by atoms with Gasteiger partial charge in [0.05, 0.1) is 11.0 Å². The molecule has 22 heavy (non-hydrogen) atoms. The van der Waals surface area contributed by atoms with E-state index in [9.17, 15) is 0 Å². The van der Waals surface area contributed by atoms with Gasteiger partial charge in [0.15, 0.2) is 0 Å². The Kier molecular flexibility index (Phi) is 2.96. The highest BCUT2D eigenvalue weighted by Crippen LogP contribution is 2.26. The summed E-state index contributed by atoms with van der Waals surface area (Å²) in [5.74, 6) is 2.20. The number of nitrogens with zero attached hydrogens (tertiary/aromatic N) is 4. The van der Waals surface area contributed by atoms with Gasteiger partial charge >= 0.3 is 0 Å². The van der Waals surface area contributed by atoms with Gasteiger partial charge in [0.1, 0.15) is 5.82 Å². The van der Waals surface area contributed by atoms with Crippen LogP contribution in [0.3, 0.4) is 0 Å². The minimum absolute atomic E-state index is 0.562. The van der Waals surface area contributed by atoms with Crippen LogP contribution < -0.4 is 10.6 Å². The minimum atomic E-state index is 0.562. The molecule has 2 heterocycles. The number of rotatable bonds is 4. The summed E-state index contributed by atoms with van der Waals surface area (Å²) in [5.41, 5.74) is 3.09. The molecule has 0 bridgehead atoms. The zero-order valence-corrected chi connectivity index (χ0v) is 12.7. The van der Waals surface area contributed by atoms with Gasteiger partial charge in [0.25, 0.3) is 0 Å². The average molecular weight is 294 g/mol. The fraction of sp³-hybridized carbons (Fsp3) is 0.312. The second-order valence-corrected chi connectivity index (χ2v) is 5.75. The van der Waals surface area contributed by atoms with Crippen LogP contribution in [-0.2, 0) is 7.05 Å². The number of benzene rings is 1. The van der Waals surface area contributed by atoms with E-state index in [0.29, 0.717) is 12.0 Å². The van der Waals surface area contributed by atoms with Crippen molar-refractivity contribution in [3.05, 3.63) is 36.0 Å². The Morgan fingerprint density at radius 1 is 1.18 bits per heavy atom. The van der Waals surface area contributed by atoms with Crippen LogP contribution >= 0.6 is 0 Å². The predicted molar refractivity (Wildman–Crippen MR) is 87.4 cm³/mol. The molecule has 112 valence electrons. The highest BCUT2D eigenvalue weighted by molar-refractivity contribution is 5.79. The highest BCUT2D eigenvalue weighted by Gasteiger charge is 2.22. The fourth-order valence-electron chi connectivity index (χ4n) is 2.43. The summed E-state index contributed by atoms with van der Waals surface area (Å²) in [5, 5.41) is 6.65. The number of para-hydroxylation sites is 2. The maximum atomic E-state index is 4.58. The number of aryl methyl sites for hydroxylation is 2. The van der Waals surface area contributed by atoms with Crippen LogP contribution in [0.15, 0.2) is 30.5 Å². The van der Waals surface area contributed by atoms with Crippen LogP contribution in [0.25, 0.3) is 11.0 Å². The van der Waals surface area contributed by atoms with Gasteiger partial charge < -0.3 is 9.88 Å². The molecule has 1 fully saturated rings. The topological polar surface area (TPSA) is 67.7 Å². The first-order chi connectivity index (χ1) is 10.7. The van der Waals surface area contributed by atoms with Crippen molar-refractivity contribution in [3.63, 3.8) is 0 Å². The second kappa shape index (κ2) is 4.98. The lowest BCUT2D eigenvalue weighted by atomic mass is 10.3. The number of aromatic nitrogens is 4. The summed E-state index contributed by atoms with van der Waals surface area (Å²) in [6.07, 6.45) is 4.27. The molecule has 0 radical (unpaired) electrons. The molecule has 0 amide bonds. The lowest BCUT2D eigenvalue weighted by Crippen LogP contribution is -2.09. The van der Waals surface area contributed by atoms with Gasteiger partial charge in [-0.05, 0) is 31.9 Å². The van der Waals surface area contributed by atoms with Crippen molar-refractivity contribution in [2.45, 2.75) is 25.8 Å². The molecule has 1 saturated carbocycles. The maximum absolute atomic E-state index is 4.58. The van der Waals surface area contributed by atoms with E-state index in [0.717, 1.165) is 28.4 Å². The zero-order chi connectivity index (χ0) is 15.1. The fourth-order valence-corrected chi connectivity index (χ4v) is 2.43. The molecule has 1 aliphatic carbocycles. The summed E-state index contributed by atoms with van der Waals surface area (Å²) in [4.78, 5) is 13.5. The molecule has 6 nitrogen and oxygen atoms in total. The largest absolute Gasteiger partial charge is 0.367 e. The Balaban J connectivity index is 1.65. The molecule has 0 saturated heterocycles. The maximum Gasteiger partial charge on any atom is 0.231 e. The number of hydrogen-bond donors (Lipinski definition) is 2. The number of fused-ring (bicyclic) bond motifs is 1. The second-order valence-electron chi connectivity index (χ2n) is 5.75. The molecule has 1 aliphatic rings. The third kappa shape index (κ3) is 2.36. The summed E-state index contributed by atoms with van der Waals surface area (Å²) in [6.45, 7) is 2.02. The van der Waals surface area contributed by atoms with E-state index in [1.165, 1.54) is 12.8 Å². The van der Waals surface area contributed by atoms with Gasteiger partial charge in [0, 0.05) is 24.8 Å². The first-order valence-corrected chi connectivity index (χ1v) is 7.49. The number of anilines is 3. The minimum Gasteiger partial charge on any atom is -0.367 e. The number of nitrogens with one attached hydrogen (secondary N) is 2. The van der Waals surface area contributed by atoms with Gasteiger partial charge in [-0.1, -0.05) is 12.1 Å². The molecule has 0 unspecified atom stereocenters. The van der Waals surface area contributed by atoms with Gasteiger partial charge in [-0.3, -0.25) is 5.32 Å². The van der Waals surface area contributed by atoms with E-state index in [4.69, 9.17) is 0 Å². The Hall–Kier alpha value is -2.63. The quantitative estimate of drug-likeness (QED) is 0.774. The van der Waals surface area contributed by atoms with Crippen LogP contribution in [0, 0.1) is 6.92 Å². The normalized spacial score (nSPS) is 14.3. The summed E-state index contributed by atoms with van der Waals surface area (Å²) in [7, 11) is 1.98. The van der Waals surface area contributed by atoms with E-state index in [1.54, 1.807) is 0 Å². The number of imidazole rings is 1. The third-order valence-corrected chi connectivity index (χ3v) is 3.90. The van der Waals surface area contributed by atoms with Crippen molar-refractivity contribution >= 4 is 28.7 Å². The Labute approximate surface area is 128 Å². The van der Waals surface area contributed by atoms with E-state index < -0.39 is 0 Å². The van der Waals surface area contributed by atoms with Crippen molar-refractivity contribution in [1.29, 1.82) is 0 Å². The lowest BCUT2D eigenvalue weighted by molar-refractivity contribution is 0.948. The molecule has 6 heteroatoms. The molecule has 4 rings (SSSR count). The molecule has 2 aromatic heterocycles. The Bertz CT molecular complexity index is 834. The zero-order valence-electron chi connectivity index (χ0n) is 12.7. The van der Waals surface area contributed by atoms with E-state index in [2.05, 4.69) is 25.6 Å². The third-order valence-electron chi connectivity index (χ3n) is 3.90. The standard InChI is InChI=1S/C16H18N6/c1-10-9-17-15(20-14(10)18-11-7-8-11)21-16-19-12-5-3-4-6-13(12)22(16)2/h3-6,9,11H,7-8H2,1-2H3,(H2,17,18,19,20,21). The van der Waals surface area contributed by atoms with Crippen molar-refractivity contribution < 1.29 is 0 Å². The van der Waals surface area contributed by atoms with Gasteiger partial charge in [-0.2, -0.15) is 4.98 Å². The lowest BCUT2D eigenvalue weighted by Gasteiger charge is -2.10. The van der Waals surface area contributed by atoms with Crippen molar-refractivity contribution in [2.24, 2.45) is 7.05 Å². The first-order valence-electron chi connectivity index (χ1n) is 7.49. The Morgan fingerprint density at radius 2 is 2.00 bits per heavy atom. The molecule has 2 N–H and O–H groups in total. The smallest absolute Gasteiger partial charge is 0.231 e. The van der Waals surface area contributed by atoms with Crippen LogP contribution in [0.1, 0.15) is 18.4 Å². The first kappa shape index (κ1) is 13.1. The van der Waals surface area contributed by atoms with Gasteiger partial charge in [0.2, 0.25) is 11.9 Å². The monoisotopic (exact) mass is 294 g/mol. The van der Waals surface area contributed by atoms with E-state index >= 15 is 0 Å². The van der Waals surface area contributed by atoms with Gasteiger partial charge in [-0.15, -0.1) is 0 Å². The number of hydrogen-bond acceptors (Lipinski definition) is 5. The van der Waals surface area contributed by atoms with Crippen LogP contribution in [0.2, 0.25) is 0 Å². The molecule has 0 spiro atoms. The van der Waals surface area contributed by atoms with Crippen molar-refractivity contribution in [2.75, 3.05) is 10.6 Å². The summed E-state index contributed by atoms with van der Waals surface area (Å²) >= 11 is 0. The van der Waals surface area contributed by atoms with E-state index in [-0.39, 0.29) is 0 Å². The highest BCUT2D eigenvalue weighted by atomic mass is 15.3. The van der Waals surface area contributed by atoms with Crippen LogP contribution in [0.4, 0.5) is 17.7 Å². The molecule has 0 aliphatic heterocycles. The molecule has 1 aromatic carbocycles. The van der Waals surface area contributed by atoms with Crippen LogP contribution in [0.5, 0.6) is 0 Å². The molecule has 3 aromatic rings.